The highest BCUT2D eigenvalue weighted by atomic mass is 16.5. The number of hydrogen-bond donors (Lipinski definition) is 0. The molecule has 3 heterocycles. The molecule has 0 radical (unpaired) electrons. The van der Waals surface area contributed by atoms with Crippen molar-refractivity contribution in [2.45, 2.75) is 24.7 Å². The SMILES string of the molecule is CC1(C)c2ccccc2C2(c3ccccc3Oc3ccc(-c4cccc(-c5nc(-c6ccccc6)nc(-c6cccc(-c7ccccn7)c6)n5)c4)cc32)c2ccccc21. The zero-order valence-corrected chi connectivity index (χ0v) is 32.7. The maximum Gasteiger partial charge on any atom is 0.164 e. The highest BCUT2D eigenvalue weighted by Crippen LogP contribution is 2.61. The van der Waals surface area contributed by atoms with Crippen LogP contribution in [0, 0.1) is 0 Å². The molecule has 0 fully saturated rings. The molecule has 5 heteroatoms. The second-order valence-electron chi connectivity index (χ2n) is 15.8. The summed E-state index contributed by atoms with van der Waals surface area (Å²) in [5.74, 6) is 3.55. The van der Waals surface area contributed by atoms with Gasteiger partial charge in [-0.3, -0.25) is 4.98 Å². The average molecular weight is 759 g/mol. The third kappa shape index (κ3) is 5.53. The lowest BCUT2D eigenvalue weighted by Gasteiger charge is -2.50. The van der Waals surface area contributed by atoms with Crippen LogP contribution in [0.4, 0.5) is 0 Å². The van der Waals surface area contributed by atoms with Crippen molar-refractivity contribution >= 4 is 0 Å². The zero-order chi connectivity index (χ0) is 39.6. The van der Waals surface area contributed by atoms with E-state index < -0.39 is 5.41 Å². The molecular weight excluding hydrogens is 721 g/mol. The summed E-state index contributed by atoms with van der Waals surface area (Å²) in [6, 6.07) is 65.9. The number of para-hydroxylation sites is 1. The van der Waals surface area contributed by atoms with E-state index in [0.717, 1.165) is 61.7 Å². The molecule has 2 aliphatic rings. The molecule has 7 aromatic carbocycles. The van der Waals surface area contributed by atoms with E-state index in [1.807, 2.05) is 66.9 Å². The van der Waals surface area contributed by atoms with Crippen molar-refractivity contribution < 1.29 is 4.74 Å². The average Bonchev–Trinajstić information content (AvgIpc) is 3.31. The number of benzene rings is 7. The Morgan fingerprint density at radius 3 is 1.51 bits per heavy atom. The maximum absolute atomic E-state index is 6.79. The van der Waals surface area contributed by atoms with Gasteiger partial charge in [0.1, 0.15) is 11.5 Å². The van der Waals surface area contributed by atoms with Crippen LogP contribution in [-0.4, -0.2) is 19.9 Å². The second kappa shape index (κ2) is 13.6. The third-order valence-corrected chi connectivity index (χ3v) is 12.1. The number of nitrogens with zero attached hydrogens (tertiary/aromatic N) is 4. The summed E-state index contributed by atoms with van der Waals surface area (Å²) < 4.78 is 6.79. The molecule has 1 spiro atoms. The molecule has 0 bridgehead atoms. The van der Waals surface area contributed by atoms with Gasteiger partial charge >= 0.3 is 0 Å². The number of pyridine rings is 1. The first-order valence-corrected chi connectivity index (χ1v) is 20.0. The summed E-state index contributed by atoms with van der Waals surface area (Å²) in [6.45, 7) is 4.69. The molecule has 0 saturated heterocycles. The van der Waals surface area contributed by atoms with Crippen LogP contribution in [-0.2, 0) is 10.8 Å². The van der Waals surface area contributed by atoms with Crippen LogP contribution in [0.15, 0.2) is 194 Å². The molecular formula is C54H38N4O. The number of aromatic nitrogens is 4. The van der Waals surface area contributed by atoms with Crippen LogP contribution >= 0.6 is 0 Å². The largest absolute Gasteiger partial charge is 0.457 e. The fraction of sp³-hybridized carbons (Fsp3) is 0.0741. The summed E-state index contributed by atoms with van der Waals surface area (Å²) in [7, 11) is 0. The minimum absolute atomic E-state index is 0.195. The first-order chi connectivity index (χ1) is 29.0. The molecule has 0 unspecified atom stereocenters. The normalized spacial score (nSPS) is 14.0. The molecule has 0 atom stereocenters. The van der Waals surface area contributed by atoms with Crippen molar-refractivity contribution in [2.75, 3.05) is 0 Å². The van der Waals surface area contributed by atoms with E-state index in [4.69, 9.17) is 19.7 Å². The van der Waals surface area contributed by atoms with Crippen LogP contribution in [0.2, 0.25) is 0 Å². The van der Waals surface area contributed by atoms with Gasteiger partial charge in [0, 0.05) is 45.0 Å². The Morgan fingerprint density at radius 1 is 0.356 bits per heavy atom. The highest BCUT2D eigenvalue weighted by Gasteiger charge is 2.52. The van der Waals surface area contributed by atoms with Crippen LogP contribution in [0.25, 0.3) is 56.5 Å². The summed E-state index contributed by atoms with van der Waals surface area (Å²) in [4.78, 5) is 19.8. The molecule has 1 aliphatic carbocycles. The maximum atomic E-state index is 6.79. The quantitative estimate of drug-likeness (QED) is 0.175. The third-order valence-electron chi connectivity index (χ3n) is 12.1. The van der Waals surface area contributed by atoms with Gasteiger partial charge in [0.25, 0.3) is 0 Å². The minimum Gasteiger partial charge on any atom is -0.457 e. The standard InChI is InChI=1S/C54H38N4O/c1-53(2)41-22-6-8-24-43(41)54(44-25-9-7-23-42(44)53)45-26-10-11-28-48(45)59-49-30-29-37(34-46(49)54)36-18-14-20-39(32-36)51-56-50(35-16-4-3-5-17-35)57-52(58-51)40-21-15-19-38(33-40)47-27-12-13-31-55-47/h3-34H,1-2H3. The van der Waals surface area contributed by atoms with Crippen LogP contribution < -0.4 is 4.74 Å². The van der Waals surface area contributed by atoms with Gasteiger partial charge in [-0.25, -0.2) is 15.0 Å². The van der Waals surface area contributed by atoms with Gasteiger partial charge in [0.2, 0.25) is 0 Å². The van der Waals surface area contributed by atoms with E-state index in [1.165, 1.54) is 22.3 Å². The first kappa shape index (κ1) is 34.7. The number of ether oxygens (including phenoxy) is 1. The van der Waals surface area contributed by atoms with E-state index in [-0.39, 0.29) is 5.41 Å². The van der Waals surface area contributed by atoms with Gasteiger partial charge in [-0.15, -0.1) is 0 Å². The minimum atomic E-state index is -0.599. The van der Waals surface area contributed by atoms with Gasteiger partial charge in [0.15, 0.2) is 17.5 Å². The Hall–Kier alpha value is -7.50. The molecule has 9 aromatic rings. The highest BCUT2D eigenvalue weighted by molar-refractivity contribution is 5.80. The van der Waals surface area contributed by atoms with E-state index in [1.54, 1.807) is 0 Å². The zero-order valence-electron chi connectivity index (χ0n) is 32.7. The molecule has 0 amide bonds. The Kier molecular flexibility index (Phi) is 7.99. The molecule has 2 aromatic heterocycles. The fourth-order valence-electron chi connectivity index (χ4n) is 9.34. The monoisotopic (exact) mass is 758 g/mol. The van der Waals surface area contributed by atoms with Crippen molar-refractivity contribution in [2.24, 2.45) is 0 Å². The van der Waals surface area contributed by atoms with Crippen LogP contribution in [0.3, 0.4) is 0 Å². The lowest BCUT2D eigenvalue weighted by molar-refractivity contribution is 0.425. The van der Waals surface area contributed by atoms with Crippen molar-refractivity contribution in [3.05, 3.63) is 228 Å². The smallest absolute Gasteiger partial charge is 0.164 e. The predicted molar refractivity (Wildman–Crippen MR) is 235 cm³/mol. The van der Waals surface area contributed by atoms with Crippen LogP contribution in [0.5, 0.6) is 11.5 Å². The molecule has 280 valence electrons. The molecule has 59 heavy (non-hydrogen) atoms. The summed E-state index contributed by atoms with van der Waals surface area (Å²) >= 11 is 0. The fourth-order valence-corrected chi connectivity index (χ4v) is 9.34. The Balaban J connectivity index is 1.08. The van der Waals surface area contributed by atoms with Gasteiger partial charge < -0.3 is 4.74 Å². The Bertz CT molecular complexity index is 3020. The van der Waals surface area contributed by atoms with Gasteiger partial charge in [0.05, 0.1) is 11.1 Å². The Labute approximate surface area is 343 Å². The molecule has 0 N–H and O–H groups in total. The van der Waals surface area contributed by atoms with Crippen molar-refractivity contribution in [3.8, 4) is 68.0 Å². The van der Waals surface area contributed by atoms with Crippen molar-refractivity contribution in [1.82, 2.24) is 19.9 Å². The lowest BCUT2D eigenvalue weighted by atomic mass is 9.53. The first-order valence-electron chi connectivity index (χ1n) is 20.0. The van der Waals surface area contributed by atoms with Gasteiger partial charge in [-0.1, -0.05) is 159 Å². The lowest BCUT2D eigenvalue weighted by Crippen LogP contribution is -2.43. The van der Waals surface area contributed by atoms with E-state index in [9.17, 15) is 0 Å². The second-order valence-corrected chi connectivity index (χ2v) is 15.8. The predicted octanol–water partition coefficient (Wildman–Crippen LogP) is 12.7. The van der Waals surface area contributed by atoms with E-state index >= 15 is 0 Å². The topological polar surface area (TPSA) is 60.8 Å². The molecule has 0 saturated carbocycles. The van der Waals surface area contributed by atoms with Crippen LogP contribution in [0.1, 0.15) is 47.2 Å². The molecule has 11 rings (SSSR count). The number of fused-ring (bicyclic) bond motifs is 8. The molecule has 5 nitrogen and oxygen atoms in total. The summed E-state index contributed by atoms with van der Waals surface area (Å²) in [5, 5.41) is 0. The van der Waals surface area contributed by atoms with E-state index in [2.05, 4.69) is 146 Å². The Morgan fingerprint density at radius 2 is 0.847 bits per heavy atom. The summed E-state index contributed by atoms with van der Waals surface area (Å²) in [5.41, 5.74) is 13.4. The van der Waals surface area contributed by atoms with Gasteiger partial charge in [-0.2, -0.15) is 0 Å². The number of hydrogen-bond acceptors (Lipinski definition) is 5. The summed E-state index contributed by atoms with van der Waals surface area (Å²) in [6.07, 6.45) is 1.81. The number of rotatable bonds is 5. The van der Waals surface area contributed by atoms with Crippen molar-refractivity contribution in [3.63, 3.8) is 0 Å². The molecule has 1 aliphatic heterocycles. The van der Waals surface area contributed by atoms with E-state index in [0.29, 0.717) is 17.5 Å². The van der Waals surface area contributed by atoms with Gasteiger partial charge in [-0.05, 0) is 75.8 Å². The van der Waals surface area contributed by atoms with Crippen molar-refractivity contribution in [1.29, 1.82) is 0 Å².